The first-order chi connectivity index (χ1) is 13.1. The maximum Gasteiger partial charge on any atom is 0.191 e. The molecule has 142 valence electrons. The van der Waals surface area contributed by atoms with Gasteiger partial charge in [0.1, 0.15) is 11.6 Å². The third kappa shape index (κ3) is 4.89. The largest absolute Gasteiger partial charge is 0.483 e. The van der Waals surface area contributed by atoms with E-state index >= 15 is 0 Å². The first-order valence-corrected chi connectivity index (χ1v) is 10.1. The molecule has 0 radical (unpaired) electrons. The van der Waals surface area contributed by atoms with Gasteiger partial charge in [-0.15, -0.1) is 10.2 Å². The lowest BCUT2D eigenvalue weighted by atomic mass is 10.2. The molecule has 4 nitrogen and oxygen atoms in total. The lowest BCUT2D eigenvalue weighted by molar-refractivity contribution is 0.210. The van der Waals surface area contributed by atoms with Crippen molar-refractivity contribution in [1.82, 2.24) is 14.8 Å². The average Bonchev–Trinajstić information content (AvgIpc) is 3.11. The summed E-state index contributed by atoms with van der Waals surface area (Å²) in [5, 5.41) is 9.52. The van der Waals surface area contributed by atoms with Gasteiger partial charge in [0, 0.05) is 12.3 Å². The fraction of sp³-hybridized carbons (Fsp3) is 0.333. The second-order valence-corrected chi connectivity index (χ2v) is 7.20. The van der Waals surface area contributed by atoms with Crippen molar-refractivity contribution in [2.24, 2.45) is 0 Å². The molecular weight excluding hydrogens is 361 g/mol. The fourth-order valence-corrected chi connectivity index (χ4v) is 3.76. The molecule has 0 bridgehead atoms. The zero-order chi connectivity index (χ0) is 19.2. The van der Waals surface area contributed by atoms with Crippen molar-refractivity contribution in [3.8, 4) is 5.75 Å². The normalized spacial score (nSPS) is 12.1. The lowest BCUT2D eigenvalue weighted by Gasteiger charge is -2.16. The number of halogens is 1. The van der Waals surface area contributed by atoms with E-state index in [1.165, 1.54) is 17.7 Å². The summed E-state index contributed by atoms with van der Waals surface area (Å²) < 4.78 is 21.2. The summed E-state index contributed by atoms with van der Waals surface area (Å²) in [4.78, 5) is 0. The Kier molecular flexibility index (Phi) is 6.50. The summed E-state index contributed by atoms with van der Waals surface area (Å²) in [6, 6.07) is 14.7. The molecule has 0 saturated heterocycles. The Morgan fingerprint density at radius 3 is 2.30 bits per heavy atom. The van der Waals surface area contributed by atoms with Crippen molar-refractivity contribution in [1.29, 1.82) is 0 Å². The van der Waals surface area contributed by atoms with Gasteiger partial charge in [-0.2, -0.15) is 0 Å². The highest BCUT2D eigenvalue weighted by Gasteiger charge is 2.18. The number of hydrogen-bond acceptors (Lipinski definition) is 4. The molecule has 2 aromatic carbocycles. The van der Waals surface area contributed by atoms with Crippen molar-refractivity contribution in [2.45, 2.75) is 50.8 Å². The molecule has 3 aromatic rings. The first kappa shape index (κ1) is 19.4. The Morgan fingerprint density at radius 1 is 1.00 bits per heavy atom. The van der Waals surface area contributed by atoms with Crippen LogP contribution >= 0.6 is 11.8 Å². The minimum Gasteiger partial charge on any atom is -0.483 e. The summed E-state index contributed by atoms with van der Waals surface area (Å²) >= 11 is 1.59. The predicted octanol–water partition coefficient (Wildman–Crippen LogP) is 5.43. The Labute approximate surface area is 163 Å². The van der Waals surface area contributed by atoms with Crippen LogP contribution in [-0.2, 0) is 18.7 Å². The van der Waals surface area contributed by atoms with Crippen LogP contribution in [0.2, 0.25) is 0 Å². The molecule has 0 N–H and O–H groups in total. The van der Waals surface area contributed by atoms with Gasteiger partial charge < -0.3 is 9.30 Å². The van der Waals surface area contributed by atoms with E-state index < -0.39 is 0 Å². The zero-order valence-electron chi connectivity index (χ0n) is 15.9. The van der Waals surface area contributed by atoms with Gasteiger partial charge in [0.15, 0.2) is 17.1 Å². The summed E-state index contributed by atoms with van der Waals surface area (Å²) in [5.74, 6) is 2.12. The number of aromatic nitrogens is 3. The Balaban J connectivity index is 1.69. The SMILES string of the molecule is CCc1ccc(OC(C)c2nnc(SCc3ccc(F)cc3)n2CC)cc1. The van der Waals surface area contributed by atoms with Gasteiger partial charge in [0.2, 0.25) is 0 Å². The van der Waals surface area contributed by atoms with Crippen molar-refractivity contribution in [3.63, 3.8) is 0 Å². The topological polar surface area (TPSA) is 39.9 Å². The second-order valence-electron chi connectivity index (χ2n) is 6.26. The number of ether oxygens (including phenoxy) is 1. The van der Waals surface area contributed by atoms with E-state index in [4.69, 9.17) is 4.74 Å². The predicted molar refractivity (Wildman–Crippen MR) is 107 cm³/mol. The molecule has 0 amide bonds. The van der Waals surface area contributed by atoms with Crippen LogP contribution in [0.1, 0.15) is 43.8 Å². The molecule has 0 aliphatic carbocycles. The number of rotatable bonds is 8. The molecule has 1 heterocycles. The summed E-state index contributed by atoms with van der Waals surface area (Å²) in [5.41, 5.74) is 2.33. The number of aryl methyl sites for hydroxylation is 1. The number of benzene rings is 2. The van der Waals surface area contributed by atoms with Crippen LogP contribution in [0.4, 0.5) is 4.39 Å². The maximum atomic E-state index is 13.0. The smallest absolute Gasteiger partial charge is 0.191 e. The first-order valence-electron chi connectivity index (χ1n) is 9.16. The highest BCUT2D eigenvalue weighted by atomic mass is 32.2. The lowest BCUT2D eigenvalue weighted by Crippen LogP contribution is -2.12. The molecule has 1 unspecified atom stereocenters. The molecule has 27 heavy (non-hydrogen) atoms. The van der Waals surface area contributed by atoms with Crippen LogP contribution in [0.15, 0.2) is 53.7 Å². The van der Waals surface area contributed by atoms with E-state index in [1.807, 2.05) is 19.1 Å². The zero-order valence-corrected chi connectivity index (χ0v) is 16.7. The van der Waals surface area contributed by atoms with Gasteiger partial charge in [-0.1, -0.05) is 43.0 Å². The number of hydrogen-bond donors (Lipinski definition) is 0. The molecule has 0 aliphatic rings. The van der Waals surface area contributed by atoms with E-state index in [2.05, 4.69) is 40.7 Å². The van der Waals surface area contributed by atoms with Crippen LogP contribution in [0.3, 0.4) is 0 Å². The van der Waals surface area contributed by atoms with E-state index in [0.717, 1.165) is 35.3 Å². The molecule has 0 fully saturated rings. The quantitative estimate of drug-likeness (QED) is 0.485. The Bertz CT molecular complexity index is 862. The highest BCUT2D eigenvalue weighted by molar-refractivity contribution is 7.98. The van der Waals surface area contributed by atoms with E-state index in [-0.39, 0.29) is 11.9 Å². The van der Waals surface area contributed by atoms with E-state index in [1.54, 1.807) is 23.9 Å². The van der Waals surface area contributed by atoms with Crippen molar-refractivity contribution >= 4 is 11.8 Å². The molecule has 0 aliphatic heterocycles. The third-order valence-electron chi connectivity index (χ3n) is 4.35. The second kappa shape index (κ2) is 9.04. The fourth-order valence-electron chi connectivity index (χ4n) is 2.79. The number of thioether (sulfide) groups is 1. The molecular formula is C21H24FN3OS. The molecule has 0 saturated carbocycles. The average molecular weight is 386 g/mol. The van der Waals surface area contributed by atoms with Crippen molar-refractivity contribution < 1.29 is 9.13 Å². The minimum atomic E-state index is -0.222. The number of nitrogens with zero attached hydrogens (tertiary/aromatic N) is 3. The molecule has 6 heteroatoms. The van der Waals surface area contributed by atoms with Crippen LogP contribution in [-0.4, -0.2) is 14.8 Å². The molecule has 0 spiro atoms. The summed E-state index contributed by atoms with van der Waals surface area (Å²) in [6.45, 7) is 6.94. The summed E-state index contributed by atoms with van der Waals surface area (Å²) in [6.07, 6.45) is 0.805. The molecule has 1 atom stereocenters. The van der Waals surface area contributed by atoms with Crippen LogP contribution in [0, 0.1) is 5.82 Å². The van der Waals surface area contributed by atoms with Gasteiger partial charge in [-0.25, -0.2) is 4.39 Å². The van der Waals surface area contributed by atoms with Gasteiger partial charge >= 0.3 is 0 Å². The van der Waals surface area contributed by atoms with Crippen molar-refractivity contribution in [2.75, 3.05) is 0 Å². The van der Waals surface area contributed by atoms with Crippen LogP contribution in [0.25, 0.3) is 0 Å². The molecule has 3 rings (SSSR count). The van der Waals surface area contributed by atoms with Crippen LogP contribution < -0.4 is 4.74 Å². The van der Waals surface area contributed by atoms with Gasteiger partial charge in [0.05, 0.1) is 0 Å². The third-order valence-corrected chi connectivity index (χ3v) is 5.39. The van der Waals surface area contributed by atoms with Gasteiger partial charge in [0.25, 0.3) is 0 Å². The standard InChI is InChI=1S/C21H24FN3OS/c1-4-16-8-12-19(13-9-16)26-15(3)20-23-24-21(25(20)5-2)27-14-17-6-10-18(22)11-7-17/h6-13,15H,4-5,14H2,1-3H3. The maximum absolute atomic E-state index is 13.0. The Morgan fingerprint density at radius 2 is 1.67 bits per heavy atom. The monoisotopic (exact) mass is 385 g/mol. The Hall–Kier alpha value is -2.34. The van der Waals surface area contributed by atoms with E-state index in [0.29, 0.717) is 5.75 Å². The minimum absolute atomic E-state index is 0.204. The van der Waals surface area contributed by atoms with Crippen LogP contribution in [0.5, 0.6) is 5.75 Å². The van der Waals surface area contributed by atoms with Gasteiger partial charge in [-0.3, -0.25) is 0 Å². The molecule has 1 aromatic heterocycles. The van der Waals surface area contributed by atoms with Gasteiger partial charge in [-0.05, 0) is 55.7 Å². The highest BCUT2D eigenvalue weighted by Crippen LogP contribution is 2.26. The summed E-state index contributed by atoms with van der Waals surface area (Å²) in [7, 11) is 0. The van der Waals surface area contributed by atoms with E-state index in [9.17, 15) is 4.39 Å². The van der Waals surface area contributed by atoms with Crippen molar-refractivity contribution in [3.05, 3.63) is 71.3 Å².